The smallest absolute Gasteiger partial charge is 0.269 e. The Morgan fingerprint density at radius 3 is 2.16 bits per heavy atom. The minimum absolute atomic E-state index is 0. The highest BCUT2D eigenvalue weighted by Gasteiger charge is 2.64. The van der Waals surface area contributed by atoms with Gasteiger partial charge in [0.05, 0.1) is 22.5 Å². The van der Waals surface area contributed by atoms with Crippen LogP contribution in [-0.4, -0.2) is 90.4 Å². The third-order valence-corrected chi connectivity index (χ3v) is 12.4. The quantitative estimate of drug-likeness (QED) is 0.259. The summed E-state index contributed by atoms with van der Waals surface area (Å²) in [7, 11) is 0. The number of ether oxygens (including phenoxy) is 1. The first kappa shape index (κ1) is 43.2. The molecule has 1 aliphatic carbocycles. The van der Waals surface area contributed by atoms with E-state index in [9.17, 15) is 24.4 Å². The number of rotatable bonds is 9. The minimum atomic E-state index is -0.758. The summed E-state index contributed by atoms with van der Waals surface area (Å²) in [6.45, 7) is 14.7. The van der Waals surface area contributed by atoms with Crippen LogP contribution in [0, 0.1) is 28.1 Å². The van der Waals surface area contributed by atoms with Crippen molar-refractivity contribution >= 4 is 40.7 Å². The number of imide groups is 1. The van der Waals surface area contributed by atoms with E-state index in [2.05, 4.69) is 64.2 Å². The van der Waals surface area contributed by atoms with Crippen molar-refractivity contribution in [1.29, 1.82) is 5.26 Å². The molecule has 4 heterocycles. The monoisotopic (exact) mass is 800 g/mol. The maximum Gasteiger partial charge on any atom is 0.269 e. The Labute approximate surface area is 341 Å². The van der Waals surface area contributed by atoms with Gasteiger partial charge in [-0.05, 0) is 61.6 Å². The summed E-state index contributed by atoms with van der Waals surface area (Å²) in [5.41, 5.74) is 1.88. The highest BCUT2D eigenvalue weighted by atomic mass is 35.5. The molecule has 3 aliphatic heterocycles. The first-order valence-electron chi connectivity index (χ1n) is 19.2. The van der Waals surface area contributed by atoms with Crippen LogP contribution in [0.15, 0.2) is 59.5 Å². The molecule has 1 unspecified atom stereocenters. The number of halogens is 1. The fourth-order valence-electron chi connectivity index (χ4n) is 9.29. The molecule has 3 saturated heterocycles. The van der Waals surface area contributed by atoms with E-state index in [1.807, 2.05) is 24.3 Å². The number of aromatic nitrogens is 2. The SMILES string of the molecule is C.C.CC1(C)C(NC(=O)c2ccc(N3CCC(CN4CCN(c5cnn(C6CCC(=O)NC6=O)c(=O)c5)CC4)CC3)cc2)C(C)(C)C1Oc1ccc(C#N)c(Cl)c1. The summed E-state index contributed by atoms with van der Waals surface area (Å²) < 4.78 is 7.56. The highest BCUT2D eigenvalue weighted by Crippen LogP contribution is 2.55. The van der Waals surface area contributed by atoms with Crippen molar-refractivity contribution in [1.82, 2.24) is 25.3 Å². The Kier molecular flexibility index (Phi) is 13.1. The van der Waals surface area contributed by atoms with E-state index in [1.165, 1.54) is 4.68 Å². The lowest BCUT2D eigenvalue weighted by Crippen LogP contribution is -2.74. The maximum absolute atomic E-state index is 13.5. The lowest BCUT2D eigenvalue weighted by molar-refractivity contribution is -0.164. The summed E-state index contributed by atoms with van der Waals surface area (Å²) in [6, 6.07) is 15.7. The predicted octanol–water partition coefficient (Wildman–Crippen LogP) is 5.67. The number of piperazine rings is 1. The van der Waals surface area contributed by atoms with Crippen LogP contribution in [0.4, 0.5) is 11.4 Å². The van der Waals surface area contributed by atoms with Gasteiger partial charge in [0.2, 0.25) is 5.91 Å². The van der Waals surface area contributed by atoms with E-state index in [0.29, 0.717) is 27.8 Å². The first-order valence-corrected chi connectivity index (χ1v) is 19.5. The average Bonchev–Trinajstić information content (AvgIpc) is 3.17. The van der Waals surface area contributed by atoms with Crippen LogP contribution in [0.25, 0.3) is 0 Å². The molecule has 0 spiro atoms. The number of benzene rings is 2. The number of hydrogen-bond donors (Lipinski definition) is 2. The van der Waals surface area contributed by atoms with Crippen molar-refractivity contribution in [2.75, 3.05) is 55.6 Å². The van der Waals surface area contributed by atoms with Crippen LogP contribution in [0.5, 0.6) is 5.75 Å². The second-order valence-corrected chi connectivity index (χ2v) is 16.9. The van der Waals surface area contributed by atoms with Gasteiger partial charge >= 0.3 is 0 Å². The molecule has 1 atom stereocenters. The molecule has 57 heavy (non-hydrogen) atoms. The maximum atomic E-state index is 13.5. The van der Waals surface area contributed by atoms with Crippen LogP contribution in [-0.2, 0) is 9.59 Å². The zero-order chi connectivity index (χ0) is 39.1. The molecule has 306 valence electrons. The average molecular weight is 801 g/mol. The molecule has 2 aromatic carbocycles. The molecule has 0 bridgehead atoms. The van der Waals surface area contributed by atoms with Crippen LogP contribution in [0.2, 0.25) is 5.02 Å². The van der Waals surface area contributed by atoms with Gasteiger partial charge in [0.15, 0.2) is 0 Å². The van der Waals surface area contributed by atoms with Gasteiger partial charge in [0.1, 0.15) is 24.0 Å². The van der Waals surface area contributed by atoms with Crippen molar-refractivity contribution in [3.8, 4) is 11.8 Å². The Morgan fingerprint density at radius 2 is 1.56 bits per heavy atom. The van der Waals surface area contributed by atoms with E-state index in [4.69, 9.17) is 16.3 Å². The van der Waals surface area contributed by atoms with Crippen LogP contribution in [0.1, 0.15) is 90.2 Å². The fourth-order valence-corrected chi connectivity index (χ4v) is 9.50. The molecule has 3 aromatic rings. The second kappa shape index (κ2) is 17.3. The molecule has 1 aromatic heterocycles. The van der Waals surface area contributed by atoms with E-state index < -0.39 is 11.9 Å². The van der Waals surface area contributed by atoms with Crippen LogP contribution < -0.4 is 30.7 Å². The number of anilines is 2. The van der Waals surface area contributed by atoms with Crippen LogP contribution >= 0.6 is 11.6 Å². The van der Waals surface area contributed by atoms with Crippen molar-refractivity contribution in [2.45, 2.75) is 86.4 Å². The van der Waals surface area contributed by atoms with E-state index in [1.54, 1.807) is 30.5 Å². The molecule has 0 radical (unpaired) electrons. The molecular formula is C43H57ClN8O5. The first-order chi connectivity index (χ1) is 26.2. The molecular weight excluding hydrogens is 744 g/mol. The third kappa shape index (κ3) is 8.82. The van der Waals surface area contributed by atoms with Gasteiger partial charge in [-0.15, -0.1) is 0 Å². The summed E-state index contributed by atoms with van der Waals surface area (Å²) in [6.07, 6.45) is 4.13. The van der Waals surface area contributed by atoms with Crippen molar-refractivity contribution < 1.29 is 19.1 Å². The van der Waals surface area contributed by atoms with E-state index >= 15 is 0 Å². The van der Waals surface area contributed by atoms with Crippen molar-refractivity contribution in [2.24, 2.45) is 16.7 Å². The molecule has 14 heteroatoms. The number of nitrogens with one attached hydrogen (secondary N) is 2. The summed E-state index contributed by atoms with van der Waals surface area (Å²) in [4.78, 5) is 57.1. The standard InChI is InChI=1S/C41H49ClN8O5.2CH4/c1-40(2)38(41(3,4)39(40)55-31-10-7-28(23-43)32(42)22-31)46-36(53)27-5-8-29(9-6-27)48-15-13-26(14-16-48)25-47-17-19-49(20-18-47)30-21-35(52)50(44-24-30)33-11-12-34(51)45-37(33)54;;/h5-10,21-22,24,26,33,38-39H,11-20,25H2,1-4H3,(H,46,53)(H,45,51,54);2*1H4. The zero-order valence-electron chi connectivity index (χ0n) is 31.9. The molecule has 7 rings (SSSR count). The summed E-state index contributed by atoms with van der Waals surface area (Å²) in [5, 5.41) is 19.4. The normalized spacial score (nSPS) is 23.2. The lowest BCUT2D eigenvalue weighted by Gasteiger charge is -2.63. The van der Waals surface area contributed by atoms with E-state index in [0.717, 1.165) is 70.0 Å². The number of nitrogens with zero attached hydrogens (tertiary/aromatic N) is 6. The number of amides is 3. The number of hydrogen-bond acceptors (Lipinski definition) is 10. The predicted molar refractivity (Wildman–Crippen MR) is 223 cm³/mol. The molecule has 13 nitrogen and oxygen atoms in total. The fraction of sp³-hybridized carbons (Fsp3) is 0.535. The summed E-state index contributed by atoms with van der Waals surface area (Å²) in [5.74, 6) is 0.291. The highest BCUT2D eigenvalue weighted by molar-refractivity contribution is 6.31. The topological polar surface area (TPSA) is 153 Å². The molecule has 3 amide bonds. The number of carbonyl (C=O) groups is 3. The number of piperidine rings is 2. The van der Waals surface area contributed by atoms with Crippen molar-refractivity contribution in [3.05, 3.63) is 81.2 Å². The largest absolute Gasteiger partial charge is 0.489 e. The Bertz CT molecular complexity index is 2030. The van der Waals surface area contributed by atoms with Gasteiger partial charge < -0.3 is 19.9 Å². The Balaban J connectivity index is 0.00000310. The zero-order valence-corrected chi connectivity index (χ0v) is 32.6. The Morgan fingerprint density at radius 1 is 0.912 bits per heavy atom. The minimum Gasteiger partial charge on any atom is -0.489 e. The van der Waals surface area contributed by atoms with Crippen LogP contribution in [0.3, 0.4) is 0 Å². The number of nitriles is 1. The molecule has 4 fully saturated rings. The van der Waals surface area contributed by atoms with Crippen molar-refractivity contribution in [3.63, 3.8) is 0 Å². The molecule has 4 aliphatic rings. The molecule has 1 saturated carbocycles. The van der Waals surface area contributed by atoms with Gasteiger partial charge in [0.25, 0.3) is 17.4 Å². The second-order valence-electron chi connectivity index (χ2n) is 16.5. The third-order valence-electron chi connectivity index (χ3n) is 12.1. The number of carbonyl (C=O) groups excluding carboxylic acids is 3. The van der Waals surface area contributed by atoms with Gasteiger partial charge in [-0.3, -0.25) is 29.4 Å². The van der Waals surface area contributed by atoms with Gasteiger partial charge in [-0.1, -0.05) is 54.1 Å². The van der Waals surface area contributed by atoms with Gasteiger partial charge in [-0.25, -0.2) is 4.68 Å². The summed E-state index contributed by atoms with van der Waals surface area (Å²) >= 11 is 6.25. The lowest BCUT2D eigenvalue weighted by atomic mass is 9.49. The Hall–Kier alpha value is -4.93. The van der Waals surface area contributed by atoms with E-state index in [-0.39, 0.29) is 68.0 Å². The van der Waals surface area contributed by atoms with Gasteiger partial charge in [0, 0.05) is 92.5 Å². The molecule has 2 N–H and O–H groups in total. The van der Waals surface area contributed by atoms with Gasteiger partial charge in [-0.2, -0.15) is 10.4 Å².